The summed E-state index contributed by atoms with van der Waals surface area (Å²) < 4.78 is 6.13. The predicted octanol–water partition coefficient (Wildman–Crippen LogP) is 2.92. The highest BCUT2D eigenvalue weighted by molar-refractivity contribution is 9.10. The van der Waals surface area contributed by atoms with E-state index >= 15 is 0 Å². The predicted molar refractivity (Wildman–Crippen MR) is 82.9 cm³/mol. The Labute approximate surface area is 123 Å². The van der Waals surface area contributed by atoms with Gasteiger partial charge in [0.1, 0.15) is 5.82 Å². The summed E-state index contributed by atoms with van der Waals surface area (Å²) in [5.74, 6) is 1.57. The van der Waals surface area contributed by atoms with Gasteiger partial charge in [-0.1, -0.05) is 6.92 Å². The van der Waals surface area contributed by atoms with Crippen LogP contribution in [0.5, 0.6) is 0 Å². The molecule has 0 amide bonds. The fourth-order valence-corrected chi connectivity index (χ4v) is 2.30. The number of likely N-dealkylation sites (N-methyl/N-ethyl adjacent to an activating group) is 1. The van der Waals surface area contributed by atoms with Crippen LogP contribution in [0.3, 0.4) is 0 Å². The molecular formula is C13H23BrN4O. The first-order valence-electron chi connectivity index (χ1n) is 6.65. The van der Waals surface area contributed by atoms with E-state index in [1.54, 1.807) is 13.3 Å². The van der Waals surface area contributed by atoms with Crippen molar-refractivity contribution in [1.82, 2.24) is 9.97 Å². The van der Waals surface area contributed by atoms with E-state index in [9.17, 15) is 0 Å². The Kier molecular flexibility index (Phi) is 7.09. The summed E-state index contributed by atoms with van der Waals surface area (Å²) in [4.78, 5) is 11.1. The second-order valence-corrected chi connectivity index (χ2v) is 5.24. The second kappa shape index (κ2) is 8.32. The Morgan fingerprint density at radius 1 is 1.47 bits per heavy atom. The Hall–Kier alpha value is -0.880. The Bertz CT molecular complexity index is 389. The van der Waals surface area contributed by atoms with E-state index in [0.29, 0.717) is 12.6 Å². The monoisotopic (exact) mass is 330 g/mol. The molecule has 0 saturated heterocycles. The van der Waals surface area contributed by atoms with Crippen LogP contribution in [0.15, 0.2) is 10.7 Å². The first kappa shape index (κ1) is 16.2. The maximum atomic E-state index is 5.23. The van der Waals surface area contributed by atoms with Crippen LogP contribution in [0.25, 0.3) is 0 Å². The van der Waals surface area contributed by atoms with Gasteiger partial charge in [0.25, 0.3) is 0 Å². The number of hydrogen-bond acceptors (Lipinski definition) is 5. The average Bonchev–Trinajstić information content (AvgIpc) is 2.40. The molecule has 1 aromatic heterocycles. The number of halogens is 1. The van der Waals surface area contributed by atoms with E-state index in [1.807, 2.05) is 0 Å². The van der Waals surface area contributed by atoms with Crippen LogP contribution >= 0.6 is 15.9 Å². The average molecular weight is 331 g/mol. The van der Waals surface area contributed by atoms with Crippen LogP contribution in [-0.2, 0) is 4.74 Å². The molecule has 1 heterocycles. The minimum atomic E-state index is 0.264. The van der Waals surface area contributed by atoms with Gasteiger partial charge in [0, 0.05) is 26.4 Å². The van der Waals surface area contributed by atoms with E-state index in [4.69, 9.17) is 4.74 Å². The summed E-state index contributed by atoms with van der Waals surface area (Å²) in [7, 11) is 1.72. The van der Waals surface area contributed by atoms with Crippen molar-refractivity contribution >= 4 is 27.7 Å². The molecule has 19 heavy (non-hydrogen) atoms. The van der Waals surface area contributed by atoms with Gasteiger partial charge in [0.2, 0.25) is 5.95 Å². The number of methoxy groups -OCH3 is 1. The molecule has 1 unspecified atom stereocenters. The van der Waals surface area contributed by atoms with E-state index < -0.39 is 0 Å². The maximum absolute atomic E-state index is 5.23. The molecule has 0 aromatic carbocycles. The Balaban J connectivity index is 2.94. The molecule has 1 N–H and O–H groups in total. The Morgan fingerprint density at radius 2 is 2.21 bits per heavy atom. The minimum absolute atomic E-state index is 0.264. The van der Waals surface area contributed by atoms with Gasteiger partial charge in [-0.2, -0.15) is 4.98 Å². The largest absolute Gasteiger partial charge is 0.383 e. The fraction of sp³-hybridized carbons (Fsp3) is 0.692. The topological polar surface area (TPSA) is 50.3 Å². The van der Waals surface area contributed by atoms with E-state index in [2.05, 4.69) is 56.9 Å². The lowest BCUT2D eigenvalue weighted by Gasteiger charge is -2.29. The smallest absolute Gasteiger partial charge is 0.224 e. The van der Waals surface area contributed by atoms with Crippen LogP contribution in [0, 0.1) is 0 Å². The zero-order valence-corrected chi connectivity index (χ0v) is 13.7. The minimum Gasteiger partial charge on any atom is -0.383 e. The van der Waals surface area contributed by atoms with Gasteiger partial charge in [-0.25, -0.2) is 4.98 Å². The molecule has 0 spiro atoms. The van der Waals surface area contributed by atoms with Crippen molar-refractivity contribution in [2.75, 3.05) is 37.0 Å². The van der Waals surface area contributed by atoms with E-state index in [-0.39, 0.29) is 6.04 Å². The molecule has 5 nitrogen and oxygen atoms in total. The van der Waals surface area contributed by atoms with Crippen molar-refractivity contribution < 1.29 is 4.74 Å². The number of hydrogen-bond donors (Lipinski definition) is 1. The van der Waals surface area contributed by atoms with Gasteiger partial charge >= 0.3 is 0 Å². The van der Waals surface area contributed by atoms with Crippen molar-refractivity contribution in [1.29, 1.82) is 0 Å². The van der Waals surface area contributed by atoms with Crippen LogP contribution < -0.4 is 10.2 Å². The molecular weight excluding hydrogens is 308 g/mol. The molecule has 0 saturated carbocycles. The van der Waals surface area contributed by atoms with Gasteiger partial charge in [0.05, 0.1) is 17.1 Å². The van der Waals surface area contributed by atoms with Crippen LogP contribution in [0.4, 0.5) is 11.8 Å². The molecule has 1 atom stereocenters. The summed E-state index contributed by atoms with van der Waals surface area (Å²) in [6.07, 6.45) is 2.84. The maximum Gasteiger partial charge on any atom is 0.224 e. The number of aromatic nitrogens is 2. The molecule has 0 aliphatic carbocycles. The lowest BCUT2D eigenvalue weighted by Crippen LogP contribution is -2.37. The number of rotatable bonds is 8. The zero-order valence-electron chi connectivity index (χ0n) is 12.1. The molecule has 108 valence electrons. The highest BCUT2D eigenvalue weighted by atomic mass is 79.9. The van der Waals surface area contributed by atoms with Crippen molar-refractivity contribution in [3.63, 3.8) is 0 Å². The third kappa shape index (κ3) is 4.62. The third-order valence-corrected chi connectivity index (χ3v) is 3.37. The summed E-state index contributed by atoms with van der Waals surface area (Å²) in [6.45, 7) is 8.77. The van der Waals surface area contributed by atoms with Crippen molar-refractivity contribution in [2.24, 2.45) is 0 Å². The van der Waals surface area contributed by atoms with Crippen LogP contribution in [-0.4, -0.2) is 42.8 Å². The highest BCUT2D eigenvalue weighted by Gasteiger charge is 2.17. The quantitative estimate of drug-likeness (QED) is 0.794. The standard InChI is InChI=1S/C13H23BrN4O/c1-5-7-15-13-16-8-11(14)12(17-13)18(6-2)10(3)9-19-4/h8,10H,5-7,9H2,1-4H3,(H,15,16,17). The van der Waals surface area contributed by atoms with Crippen LogP contribution in [0.1, 0.15) is 27.2 Å². The third-order valence-electron chi connectivity index (χ3n) is 2.81. The van der Waals surface area contributed by atoms with Crippen molar-refractivity contribution in [3.05, 3.63) is 10.7 Å². The van der Waals surface area contributed by atoms with Crippen LogP contribution in [0.2, 0.25) is 0 Å². The molecule has 1 aromatic rings. The Morgan fingerprint density at radius 3 is 2.79 bits per heavy atom. The molecule has 0 aliphatic rings. The molecule has 0 bridgehead atoms. The highest BCUT2D eigenvalue weighted by Crippen LogP contribution is 2.25. The SMILES string of the molecule is CCCNc1ncc(Br)c(N(CC)C(C)COC)n1. The number of nitrogens with zero attached hydrogens (tertiary/aromatic N) is 3. The zero-order chi connectivity index (χ0) is 14.3. The fourth-order valence-electron chi connectivity index (χ4n) is 1.88. The molecule has 6 heteroatoms. The summed E-state index contributed by atoms with van der Waals surface area (Å²) in [5, 5.41) is 3.21. The second-order valence-electron chi connectivity index (χ2n) is 4.38. The van der Waals surface area contributed by atoms with Gasteiger partial charge in [0.15, 0.2) is 0 Å². The number of anilines is 2. The molecule has 0 aliphatic heterocycles. The normalized spacial score (nSPS) is 12.3. The van der Waals surface area contributed by atoms with Gasteiger partial charge in [-0.3, -0.25) is 0 Å². The molecule has 0 fully saturated rings. The van der Waals surface area contributed by atoms with Gasteiger partial charge in [-0.05, 0) is 36.2 Å². The van der Waals surface area contributed by atoms with Crippen molar-refractivity contribution in [3.8, 4) is 0 Å². The first-order chi connectivity index (χ1) is 9.13. The lowest BCUT2D eigenvalue weighted by molar-refractivity contribution is 0.181. The van der Waals surface area contributed by atoms with E-state index in [1.165, 1.54) is 0 Å². The van der Waals surface area contributed by atoms with Crippen molar-refractivity contribution in [2.45, 2.75) is 33.2 Å². The molecule has 1 rings (SSSR count). The molecule has 0 radical (unpaired) electrons. The number of ether oxygens (including phenoxy) is 1. The number of nitrogens with one attached hydrogen (secondary N) is 1. The summed E-state index contributed by atoms with van der Waals surface area (Å²) in [5.41, 5.74) is 0. The van der Waals surface area contributed by atoms with E-state index in [0.717, 1.165) is 29.8 Å². The van der Waals surface area contributed by atoms with Gasteiger partial charge < -0.3 is 15.0 Å². The summed E-state index contributed by atoms with van der Waals surface area (Å²) >= 11 is 3.52. The first-order valence-corrected chi connectivity index (χ1v) is 7.45. The summed E-state index contributed by atoms with van der Waals surface area (Å²) in [6, 6.07) is 0.264. The van der Waals surface area contributed by atoms with Gasteiger partial charge in [-0.15, -0.1) is 0 Å². The lowest BCUT2D eigenvalue weighted by atomic mass is 10.3.